The van der Waals surface area contributed by atoms with E-state index < -0.39 is 0 Å². The first-order valence-electron chi connectivity index (χ1n) is 5.45. The van der Waals surface area contributed by atoms with Gasteiger partial charge < -0.3 is 14.6 Å². The maximum Gasteiger partial charge on any atom is 0.229 e. The predicted octanol–water partition coefficient (Wildman–Crippen LogP) is 0.725. The molecule has 15 heavy (non-hydrogen) atoms. The van der Waals surface area contributed by atoms with E-state index in [0.717, 1.165) is 50.7 Å². The van der Waals surface area contributed by atoms with Crippen LogP contribution in [0.2, 0.25) is 0 Å². The van der Waals surface area contributed by atoms with Crippen LogP contribution >= 0.6 is 0 Å². The van der Waals surface area contributed by atoms with Gasteiger partial charge in [0.15, 0.2) is 5.82 Å². The average molecular weight is 211 g/mol. The molecule has 0 bridgehead atoms. The van der Waals surface area contributed by atoms with Crippen LogP contribution in [0.3, 0.4) is 0 Å². The lowest BCUT2D eigenvalue weighted by molar-refractivity contribution is 0.0778. The molecule has 0 amide bonds. The maximum atomic E-state index is 5.29. The molecule has 0 radical (unpaired) electrons. The van der Waals surface area contributed by atoms with E-state index in [9.17, 15) is 0 Å². The SMILES string of the molecule is CNCCc1noc(C2CCOCC2)n1. The molecule has 1 aromatic rings. The first kappa shape index (κ1) is 10.6. The molecule has 0 aromatic carbocycles. The Hall–Kier alpha value is -0.940. The predicted molar refractivity (Wildman–Crippen MR) is 54.7 cm³/mol. The molecule has 0 unspecified atom stereocenters. The topological polar surface area (TPSA) is 60.2 Å². The highest BCUT2D eigenvalue weighted by atomic mass is 16.5. The Morgan fingerprint density at radius 3 is 2.93 bits per heavy atom. The van der Waals surface area contributed by atoms with Crippen LogP contribution in [-0.4, -0.2) is 36.9 Å². The second-order valence-electron chi connectivity index (χ2n) is 3.79. The monoisotopic (exact) mass is 211 g/mol. The number of hydrogen-bond acceptors (Lipinski definition) is 5. The third-order valence-corrected chi connectivity index (χ3v) is 2.65. The summed E-state index contributed by atoms with van der Waals surface area (Å²) < 4.78 is 10.5. The van der Waals surface area contributed by atoms with Gasteiger partial charge in [-0.05, 0) is 19.9 Å². The molecule has 84 valence electrons. The van der Waals surface area contributed by atoms with Crippen LogP contribution in [0, 0.1) is 0 Å². The summed E-state index contributed by atoms with van der Waals surface area (Å²) in [6.45, 7) is 2.49. The van der Waals surface area contributed by atoms with Crippen molar-refractivity contribution in [1.29, 1.82) is 0 Å². The summed E-state index contributed by atoms with van der Waals surface area (Å²) in [4.78, 5) is 4.40. The largest absolute Gasteiger partial charge is 0.381 e. The van der Waals surface area contributed by atoms with E-state index in [-0.39, 0.29) is 0 Å². The minimum atomic E-state index is 0.398. The summed E-state index contributed by atoms with van der Waals surface area (Å²) in [5.41, 5.74) is 0. The Morgan fingerprint density at radius 1 is 1.40 bits per heavy atom. The van der Waals surface area contributed by atoms with Gasteiger partial charge in [-0.3, -0.25) is 0 Å². The van der Waals surface area contributed by atoms with Crippen molar-refractivity contribution in [3.63, 3.8) is 0 Å². The Labute approximate surface area is 89.2 Å². The van der Waals surface area contributed by atoms with Crippen molar-refractivity contribution < 1.29 is 9.26 Å². The molecule has 0 atom stereocenters. The van der Waals surface area contributed by atoms with Gasteiger partial charge in [-0.1, -0.05) is 5.16 Å². The van der Waals surface area contributed by atoms with Crippen molar-refractivity contribution in [3.05, 3.63) is 11.7 Å². The Balaban J connectivity index is 1.93. The fourth-order valence-electron chi connectivity index (χ4n) is 1.72. The zero-order valence-electron chi connectivity index (χ0n) is 9.03. The number of aromatic nitrogens is 2. The highest BCUT2D eigenvalue weighted by Crippen LogP contribution is 2.25. The molecule has 0 saturated carbocycles. The van der Waals surface area contributed by atoms with Crippen LogP contribution in [0.25, 0.3) is 0 Å². The fourth-order valence-corrected chi connectivity index (χ4v) is 1.72. The number of rotatable bonds is 4. The summed E-state index contributed by atoms with van der Waals surface area (Å²) in [6, 6.07) is 0. The Morgan fingerprint density at radius 2 is 2.20 bits per heavy atom. The molecule has 1 aromatic heterocycles. The van der Waals surface area contributed by atoms with Crippen molar-refractivity contribution in [2.24, 2.45) is 0 Å². The van der Waals surface area contributed by atoms with Crippen molar-refractivity contribution in [2.75, 3.05) is 26.8 Å². The minimum absolute atomic E-state index is 0.398. The Kier molecular flexibility index (Phi) is 3.69. The molecule has 2 rings (SSSR count). The molecule has 1 N–H and O–H groups in total. The van der Waals surface area contributed by atoms with Crippen LogP contribution < -0.4 is 5.32 Å². The molecule has 0 aliphatic carbocycles. The number of likely N-dealkylation sites (N-methyl/N-ethyl adjacent to an activating group) is 1. The van der Waals surface area contributed by atoms with E-state index in [1.54, 1.807) is 0 Å². The lowest BCUT2D eigenvalue weighted by atomic mass is 10.0. The summed E-state index contributed by atoms with van der Waals surface area (Å²) in [5, 5.41) is 7.03. The highest BCUT2D eigenvalue weighted by Gasteiger charge is 2.21. The van der Waals surface area contributed by atoms with E-state index in [1.807, 2.05) is 7.05 Å². The van der Waals surface area contributed by atoms with Gasteiger partial charge in [-0.25, -0.2) is 0 Å². The second-order valence-corrected chi connectivity index (χ2v) is 3.79. The van der Waals surface area contributed by atoms with E-state index in [1.165, 1.54) is 0 Å². The van der Waals surface area contributed by atoms with Gasteiger partial charge in [0, 0.05) is 32.1 Å². The van der Waals surface area contributed by atoms with Gasteiger partial charge in [0.1, 0.15) is 0 Å². The summed E-state index contributed by atoms with van der Waals surface area (Å²) in [6.07, 6.45) is 2.81. The molecule has 5 heteroatoms. The molecule has 1 aliphatic heterocycles. The summed E-state index contributed by atoms with van der Waals surface area (Å²) >= 11 is 0. The number of ether oxygens (including phenoxy) is 1. The van der Waals surface area contributed by atoms with Crippen molar-refractivity contribution in [1.82, 2.24) is 15.5 Å². The third kappa shape index (κ3) is 2.76. The lowest BCUT2D eigenvalue weighted by Crippen LogP contribution is -2.14. The van der Waals surface area contributed by atoms with Crippen molar-refractivity contribution >= 4 is 0 Å². The molecular weight excluding hydrogens is 194 g/mol. The van der Waals surface area contributed by atoms with Gasteiger partial charge in [0.25, 0.3) is 0 Å². The first-order valence-corrected chi connectivity index (χ1v) is 5.45. The zero-order chi connectivity index (χ0) is 10.5. The molecule has 0 spiro atoms. The van der Waals surface area contributed by atoms with Crippen molar-refractivity contribution in [2.45, 2.75) is 25.2 Å². The van der Waals surface area contributed by atoms with Crippen LogP contribution in [0.15, 0.2) is 4.52 Å². The van der Waals surface area contributed by atoms with Gasteiger partial charge >= 0.3 is 0 Å². The van der Waals surface area contributed by atoms with Crippen LogP contribution in [0.5, 0.6) is 0 Å². The van der Waals surface area contributed by atoms with Gasteiger partial charge in [0.05, 0.1) is 0 Å². The molecule has 1 aliphatic rings. The lowest BCUT2D eigenvalue weighted by Gasteiger charge is -2.17. The number of nitrogens with one attached hydrogen (secondary N) is 1. The number of nitrogens with zero attached hydrogens (tertiary/aromatic N) is 2. The Bertz CT molecular complexity index is 295. The fraction of sp³-hybridized carbons (Fsp3) is 0.800. The molecule has 2 heterocycles. The van der Waals surface area contributed by atoms with Gasteiger partial charge in [-0.2, -0.15) is 4.98 Å². The summed E-state index contributed by atoms with van der Waals surface area (Å²) in [7, 11) is 1.92. The van der Waals surface area contributed by atoms with Crippen molar-refractivity contribution in [3.8, 4) is 0 Å². The molecule has 1 saturated heterocycles. The maximum absolute atomic E-state index is 5.29. The average Bonchev–Trinajstić information content (AvgIpc) is 2.76. The van der Waals surface area contributed by atoms with Gasteiger partial charge in [-0.15, -0.1) is 0 Å². The van der Waals surface area contributed by atoms with E-state index in [2.05, 4.69) is 15.5 Å². The first-order chi connectivity index (χ1) is 7.40. The van der Waals surface area contributed by atoms with E-state index in [0.29, 0.717) is 5.92 Å². The highest BCUT2D eigenvalue weighted by molar-refractivity contribution is 4.95. The summed E-state index contributed by atoms with van der Waals surface area (Å²) in [5.74, 6) is 1.98. The van der Waals surface area contributed by atoms with E-state index in [4.69, 9.17) is 9.26 Å². The zero-order valence-corrected chi connectivity index (χ0v) is 9.03. The van der Waals surface area contributed by atoms with Crippen LogP contribution in [-0.2, 0) is 11.2 Å². The van der Waals surface area contributed by atoms with Gasteiger partial charge in [0.2, 0.25) is 5.89 Å². The normalized spacial score (nSPS) is 18.2. The third-order valence-electron chi connectivity index (χ3n) is 2.65. The molecule has 5 nitrogen and oxygen atoms in total. The molecular formula is C10H17N3O2. The standard InChI is InChI=1S/C10H17N3O2/c1-11-5-2-9-12-10(15-13-9)8-3-6-14-7-4-8/h8,11H,2-7H2,1H3. The second kappa shape index (κ2) is 5.23. The minimum Gasteiger partial charge on any atom is -0.381 e. The van der Waals surface area contributed by atoms with Crippen LogP contribution in [0.1, 0.15) is 30.5 Å². The number of hydrogen-bond donors (Lipinski definition) is 1. The molecule has 1 fully saturated rings. The van der Waals surface area contributed by atoms with E-state index >= 15 is 0 Å². The van der Waals surface area contributed by atoms with Crippen LogP contribution in [0.4, 0.5) is 0 Å². The smallest absolute Gasteiger partial charge is 0.229 e. The quantitative estimate of drug-likeness (QED) is 0.795.